The molecule has 1 atom stereocenters. The van der Waals surface area contributed by atoms with E-state index >= 15 is 0 Å². The van der Waals surface area contributed by atoms with Crippen molar-refractivity contribution >= 4 is 49.6 Å². The Morgan fingerprint density at radius 3 is 2.28 bits per heavy atom. The smallest absolute Gasteiger partial charge is 0.164 e. The molecule has 0 fully saturated rings. The first kappa shape index (κ1) is 24.0. The number of allylic oxidation sites excluding steroid dienone is 1. The number of benzene rings is 6. The summed E-state index contributed by atoms with van der Waals surface area (Å²) in [5.74, 6) is 2.14. The van der Waals surface area contributed by atoms with Crippen LogP contribution in [0.5, 0.6) is 0 Å². The van der Waals surface area contributed by atoms with E-state index in [2.05, 4.69) is 103 Å². The Morgan fingerprint density at radius 2 is 1.33 bits per heavy atom. The molecule has 4 heteroatoms. The van der Waals surface area contributed by atoms with E-state index in [0.717, 1.165) is 45.3 Å². The van der Waals surface area contributed by atoms with Crippen molar-refractivity contribution in [2.75, 3.05) is 0 Å². The summed E-state index contributed by atoms with van der Waals surface area (Å²) in [6, 6.07) is 42.2. The Morgan fingerprint density at radius 1 is 0.581 bits per heavy atom. The molecule has 0 saturated heterocycles. The third-order valence-electron chi connectivity index (χ3n) is 8.64. The number of rotatable bonds is 3. The van der Waals surface area contributed by atoms with Gasteiger partial charge in [0.05, 0.1) is 0 Å². The molecule has 202 valence electrons. The quantitative estimate of drug-likeness (QED) is 0.205. The molecule has 1 unspecified atom stereocenters. The normalized spacial score (nSPS) is 14.6. The van der Waals surface area contributed by atoms with Gasteiger partial charge in [-0.3, -0.25) is 0 Å². The number of hydrogen-bond acceptors (Lipinski definition) is 4. The maximum atomic E-state index is 6.22. The van der Waals surface area contributed by atoms with Crippen LogP contribution >= 0.6 is 0 Å². The summed E-state index contributed by atoms with van der Waals surface area (Å²) >= 11 is 0. The van der Waals surface area contributed by atoms with Gasteiger partial charge in [-0.2, -0.15) is 0 Å². The highest BCUT2D eigenvalue weighted by atomic mass is 16.3. The molecular weight excluding hydrogens is 526 g/mol. The monoisotopic (exact) mass is 551 g/mol. The molecule has 0 saturated carbocycles. The highest BCUT2D eigenvalue weighted by Gasteiger charge is 2.22. The molecule has 4 nitrogen and oxygen atoms in total. The number of furan rings is 1. The van der Waals surface area contributed by atoms with Gasteiger partial charge in [0.15, 0.2) is 11.6 Å². The summed E-state index contributed by atoms with van der Waals surface area (Å²) < 4.78 is 6.22. The van der Waals surface area contributed by atoms with Crippen LogP contribution in [0.25, 0.3) is 72.3 Å². The van der Waals surface area contributed by atoms with Crippen molar-refractivity contribution in [3.8, 4) is 22.8 Å². The first-order valence-corrected chi connectivity index (χ1v) is 14.6. The lowest BCUT2D eigenvalue weighted by Crippen LogP contribution is -2.12. The molecule has 1 aliphatic carbocycles. The third-order valence-corrected chi connectivity index (χ3v) is 8.64. The van der Waals surface area contributed by atoms with Crippen LogP contribution in [0.3, 0.4) is 0 Å². The van der Waals surface area contributed by atoms with Gasteiger partial charge < -0.3 is 4.42 Å². The van der Waals surface area contributed by atoms with Crippen LogP contribution < -0.4 is 0 Å². The average Bonchev–Trinajstić information content (AvgIpc) is 3.46. The number of nitrogens with zero attached hydrogens (tertiary/aromatic N) is 3. The fourth-order valence-corrected chi connectivity index (χ4v) is 6.49. The molecule has 8 aromatic rings. The summed E-state index contributed by atoms with van der Waals surface area (Å²) in [5.41, 5.74) is 6.15. The number of hydrogen-bond donors (Lipinski definition) is 0. The standard InChI is InChI=1S/C39H25N3O/c1-2-10-27-22-28(20-16-24(27)8-1)37-40-38(29-21-19-26-18-17-25-9-3-4-11-30(25)33(26)23-29)42-39(41-37)32-13-7-15-35-36(32)31-12-5-6-14-34(31)43-35/h1-21,23,28H,22H2. The van der Waals surface area contributed by atoms with E-state index in [0.29, 0.717) is 11.6 Å². The molecule has 1 aliphatic rings. The predicted molar refractivity (Wildman–Crippen MR) is 175 cm³/mol. The van der Waals surface area contributed by atoms with Crippen LogP contribution in [0.4, 0.5) is 0 Å². The zero-order chi connectivity index (χ0) is 28.3. The van der Waals surface area contributed by atoms with Gasteiger partial charge in [-0.05, 0) is 57.3 Å². The molecular formula is C39H25N3O. The highest BCUT2D eigenvalue weighted by molar-refractivity contribution is 6.12. The fraction of sp³-hybridized carbons (Fsp3) is 0.0513. The molecule has 0 amide bonds. The number of aromatic nitrogens is 3. The van der Waals surface area contributed by atoms with Crippen molar-refractivity contribution in [3.63, 3.8) is 0 Å². The topological polar surface area (TPSA) is 51.8 Å². The van der Waals surface area contributed by atoms with Gasteiger partial charge in [0, 0.05) is 27.8 Å². The van der Waals surface area contributed by atoms with Crippen molar-refractivity contribution in [2.45, 2.75) is 12.3 Å². The van der Waals surface area contributed by atoms with Crippen molar-refractivity contribution in [1.29, 1.82) is 0 Å². The van der Waals surface area contributed by atoms with E-state index in [-0.39, 0.29) is 5.92 Å². The first-order chi connectivity index (χ1) is 21.3. The van der Waals surface area contributed by atoms with Gasteiger partial charge in [-0.15, -0.1) is 0 Å². The summed E-state index contributed by atoms with van der Waals surface area (Å²) in [5, 5.41) is 6.90. The molecule has 0 spiro atoms. The molecule has 0 bridgehead atoms. The van der Waals surface area contributed by atoms with Crippen LogP contribution in [-0.2, 0) is 6.42 Å². The Bertz CT molecular complexity index is 2400. The van der Waals surface area contributed by atoms with Crippen molar-refractivity contribution in [3.05, 3.63) is 144 Å². The first-order valence-electron chi connectivity index (χ1n) is 14.6. The molecule has 0 radical (unpaired) electrons. The van der Waals surface area contributed by atoms with E-state index in [4.69, 9.17) is 19.4 Å². The van der Waals surface area contributed by atoms with E-state index in [1.807, 2.05) is 30.3 Å². The summed E-state index contributed by atoms with van der Waals surface area (Å²) in [4.78, 5) is 15.5. The SMILES string of the molecule is C1=CC(c2nc(-c3ccc4ccc5ccccc5c4c3)nc(-c3cccc4oc5ccccc5c34)n2)Cc2ccccc21. The molecule has 9 rings (SSSR count). The lowest BCUT2D eigenvalue weighted by molar-refractivity contribution is 0.669. The largest absolute Gasteiger partial charge is 0.456 e. The van der Waals surface area contributed by atoms with Gasteiger partial charge in [-0.25, -0.2) is 15.0 Å². The van der Waals surface area contributed by atoms with Gasteiger partial charge in [-0.1, -0.05) is 115 Å². The second-order valence-corrected chi connectivity index (χ2v) is 11.2. The van der Waals surface area contributed by atoms with Crippen molar-refractivity contribution < 1.29 is 4.42 Å². The minimum absolute atomic E-state index is 0.0389. The Labute approximate surface area is 248 Å². The van der Waals surface area contributed by atoms with Gasteiger partial charge in [0.1, 0.15) is 17.0 Å². The molecule has 43 heavy (non-hydrogen) atoms. The number of fused-ring (bicyclic) bond motifs is 7. The maximum Gasteiger partial charge on any atom is 0.164 e. The average molecular weight is 552 g/mol. The summed E-state index contributed by atoms with van der Waals surface area (Å²) in [6.07, 6.45) is 5.27. The van der Waals surface area contributed by atoms with Crippen molar-refractivity contribution in [1.82, 2.24) is 15.0 Å². The fourth-order valence-electron chi connectivity index (χ4n) is 6.49. The minimum Gasteiger partial charge on any atom is -0.456 e. The van der Waals surface area contributed by atoms with Gasteiger partial charge in [0.2, 0.25) is 0 Å². The van der Waals surface area contributed by atoms with E-state index < -0.39 is 0 Å². The second kappa shape index (κ2) is 9.47. The zero-order valence-corrected chi connectivity index (χ0v) is 23.2. The van der Waals surface area contributed by atoms with Gasteiger partial charge in [0.25, 0.3) is 0 Å². The highest BCUT2D eigenvalue weighted by Crippen LogP contribution is 2.37. The Hall–Kier alpha value is -5.61. The molecule has 6 aromatic carbocycles. The van der Waals surface area contributed by atoms with Crippen LogP contribution in [0.2, 0.25) is 0 Å². The lowest BCUT2D eigenvalue weighted by atomic mass is 9.89. The molecule has 2 heterocycles. The molecule has 0 N–H and O–H groups in total. The summed E-state index contributed by atoms with van der Waals surface area (Å²) in [7, 11) is 0. The summed E-state index contributed by atoms with van der Waals surface area (Å²) in [6.45, 7) is 0. The van der Waals surface area contributed by atoms with E-state index in [9.17, 15) is 0 Å². The van der Waals surface area contributed by atoms with E-state index in [1.165, 1.54) is 32.7 Å². The van der Waals surface area contributed by atoms with Crippen molar-refractivity contribution in [2.24, 2.45) is 0 Å². The Balaban J connectivity index is 1.28. The third kappa shape index (κ3) is 3.95. The minimum atomic E-state index is 0.0389. The molecule has 0 aliphatic heterocycles. The van der Waals surface area contributed by atoms with Crippen LogP contribution in [0, 0.1) is 0 Å². The molecule has 2 aromatic heterocycles. The number of para-hydroxylation sites is 1. The maximum absolute atomic E-state index is 6.22. The lowest BCUT2D eigenvalue weighted by Gasteiger charge is -2.19. The van der Waals surface area contributed by atoms with Gasteiger partial charge >= 0.3 is 0 Å². The van der Waals surface area contributed by atoms with E-state index in [1.54, 1.807) is 0 Å². The van der Waals surface area contributed by atoms with Crippen LogP contribution in [0.1, 0.15) is 22.9 Å². The second-order valence-electron chi connectivity index (χ2n) is 11.2. The van der Waals surface area contributed by atoms with Crippen LogP contribution in [0.15, 0.2) is 132 Å². The zero-order valence-electron chi connectivity index (χ0n) is 23.2. The van der Waals surface area contributed by atoms with Crippen LogP contribution in [-0.4, -0.2) is 15.0 Å². The predicted octanol–water partition coefficient (Wildman–Crippen LogP) is 9.76. The Kier molecular flexibility index (Phi) is 5.29.